The first-order valence-electron chi connectivity index (χ1n) is 7.94. The number of hydrogen-bond acceptors (Lipinski definition) is 2. The molecule has 0 aliphatic rings. The third-order valence-corrected chi connectivity index (χ3v) is 4.02. The molecule has 0 saturated carbocycles. The summed E-state index contributed by atoms with van der Waals surface area (Å²) in [6.45, 7) is 0. The lowest BCUT2D eigenvalue weighted by Gasteiger charge is -2.14. The highest BCUT2D eigenvalue weighted by atomic mass is 19.1. The van der Waals surface area contributed by atoms with Gasteiger partial charge in [0.1, 0.15) is 17.7 Å². The molecule has 5 nitrogen and oxygen atoms in total. The number of carbonyl (C=O) groups is 2. The molecule has 2 aromatic carbocycles. The number of benzene rings is 2. The van der Waals surface area contributed by atoms with Crippen molar-refractivity contribution in [1.82, 2.24) is 10.3 Å². The van der Waals surface area contributed by atoms with Crippen molar-refractivity contribution in [2.24, 2.45) is 0 Å². The highest BCUT2D eigenvalue weighted by molar-refractivity contribution is 5.87. The average Bonchev–Trinajstić information content (AvgIpc) is 2.96. The monoisotopic (exact) mass is 358 g/mol. The largest absolute Gasteiger partial charge is 0.480 e. The number of hydrogen-bond donors (Lipinski definition) is 3. The molecule has 1 amide bonds. The van der Waals surface area contributed by atoms with Gasteiger partial charge in [0.25, 0.3) is 0 Å². The summed E-state index contributed by atoms with van der Waals surface area (Å²) in [7, 11) is 0. The summed E-state index contributed by atoms with van der Waals surface area (Å²) >= 11 is 0. The number of para-hydroxylation sites is 1. The standard InChI is InChI=1S/C19H16F2N2O3/c20-13-5-11(6-14(21)9-13)7-18(24)23-17(19(25)26)8-12-10-22-16-4-2-1-3-15(12)16/h1-6,9-10,17,22H,7-8H2,(H,23,24)(H,25,26)/t17-/m1/s1. The number of carboxylic acids is 1. The van der Waals surface area contributed by atoms with Gasteiger partial charge in [0.2, 0.25) is 5.91 Å². The third kappa shape index (κ3) is 4.05. The topological polar surface area (TPSA) is 82.2 Å². The Kier molecular flexibility index (Phi) is 4.97. The van der Waals surface area contributed by atoms with Gasteiger partial charge in [-0.05, 0) is 29.3 Å². The number of carbonyl (C=O) groups excluding carboxylic acids is 1. The van der Waals surface area contributed by atoms with Gasteiger partial charge >= 0.3 is 5.97 Å². The van der Waals surface area contributed by atoms with E-state index in [4.69, 9.17) is 0 Å². The zero-order chi connectivity index (χ0) is 18.7. The second kappa shape index (κ2) is 7.35. The van der Waals surface area contributed by atoms with Crippen LogP contribution in [0, 0.1) is 11.6 Å². The van der Waals surface area contributed by atoms with E-state index < -0.39 is 29.6 Å². The minimum Gasteiger partial charge on any atom is -0.480 e. The molecule has 3 rings (SSSR count). The number of H-pyrrole nitrogens is 1. The van der Waals surface area contributed by atoms with Crippen molar-refractivity contribution in [1.29, 1.82) is 0 Å². The normalized spacial score (nSPS) is 12.1. The van der Waals surface area contributed by atoms with E-state index in [1.54, 1.807) is 6.20 Å². The van der Waals surface area contributed by atoms with Crippen LogP contribution in [0.4, 0.5) is 8.78 Å². The number of aromatic amines is 1. The first-order chi connectivity index (χ1) is 12.4. The highest BCUT2D eigenvalue weighted by Gasteiger charge is 2.22. The Morgan fingerprint density at radius 2 is 1.81 bits per heavy atom. The van der Waals surface area contributed by atoms with Crippen LogP contribution in [0.15, 0.2) is 48.7 Å². The maximum absolute atomic E-state index is 13.2. The van der Waals surface area contributed by atoms with Gasteiger partial charge in [-0.1, -0.05) is 18.2 Å². The molecule has 0 spiro atoms. The summed E-state index contributed by atoms with van der Waals surface area (Å²) in [5.41, 5.74) is 1.76. The summed E-state index contributed by atoms with van der Waals surface area (Å²) in [6.07, 6.45) is 1.48. The van der Waals surface area contributed by atoms with E-state index in [-0.39, 0.29) is 18.4 Å². The number of nitrogens with one attached hydrogen (secondary N) is 2. The quantitative estimate of drug-likeness (QED) is 0.634. The Hall–Kier alpha value is -3.22. The van der Waals surface area contributed by atoms with Crippen LogP contribution in [-0.4, -0.2) is 28.0 Å². The molecular weight excluding hydrogens is 342 g/mol. The van der Waals surface area contributed by atoms with Crippen molar-refractivity contribution in [3.8, 4) is 0 Å². The van der Waals surface area contributed by atoms with Crippen LogP contribution in [0.3, 0.4) is 0 Å². The maximum atomic E-state index is 13.2. The molecule has 0 saturated heterocycles. The number of rotatable bonds is 6. The Morgan fingerprint density at radius 3 is 2.50 bits per heavy atom. The summed E-state index contributed by atoms with van der Waals surface area (Å²) in [5.74, 6) is -3.39. The molecule has 1 heterocycles. The number of fused-ring (bicyclic) bond motifs is 1. The predicted molar refractivity (Wildman–Crippen MR) is 91.6 cm³/mol. The van der Waals surface area contributed by atoms with Crippen LogP contribution in [0.5, 0.6) is 0 Å². The minimum atomic E-state index is -1.19. The zero-order valence-corrected chi connectivity index (χ0v) is 13.6. The smallest absolute Gasteiger partial charge is 0.326 e. The fourth-order valence-electron chi connectivity index (χ4n) is 2.86. The van der Waals surface area contributed by atoms with E-state index in [0.29, 0.717) is 6.07 Å². The molecule has 0 aliphatic carbocycles. The van der Waals surface area contributed by atoms with Crippen LogP contribution >= 0.6 is 0 Å². The van der Waals surface area contributed by atoms with Gasteiger partial charge in [0.05, 0.1) is 6.42 Å². The van der Waals surface area contributed by atoms with Gasteiger partial charge in [-0.3, -0.25) is 4.79 Å². The second-order valence-electron chi connectivity index (χ2n) is 5.98. The average molecular weight is 358 g/mol. The number of amides is 1. The summed E-state index contributed by atoms with van der Waals surface area (Å²) < 4.78 is 26.4. The Bertz CT molecular complexity index is 948. The zero-order valence-electron chi connectivity index (χ0n) is 13.6. The summed E-state index contributed by atoms with van der Waals surface area (Å²) in [6, 6.07) is 9.06. The van der Waals surface area contributed by atoms with Gasteiger partial charge in [0, 0.05) is 29.6 Å². The summed E-state index contributed by atoms with van der Waals surface area (Å²) in [4.78, 5) is 26.7. The van der Waals surface area contributed by atoms with Gasteiger partial charge in [-0.25, -0.2) is 13.6 Å². The Balaban J connectivity index is 1.72. The molecular formula is C19H16F2N2O3. The molecule has 0 aliphatic heterocycles. The first kappa shape index (κ1) is 17.6. The molecule has 7 heteroatoms. The number of halogens is 2. The minimum absolute atomic E-state index is 0.0859. The van der Waals surface area contributed by atoms with Gasteiger partial charge in [0.15, 0.2) is 0 Å². The van der Waals surface area contributed by atoms with Crippen LogP contribution in [0.2, 0.25) is 0 Å². The molecule has 1 atom stereocenters. The van der Waals surface area contributed by atoms with Crippen molar-refractivity contribution < 1.29 is 23.5 Å². The lowest BCUT2D eigenvalue weighted by Crippen LogP contribution is -2.43. The lowest BCUT2D eigenvalue weighted by molar-refractivity contribution is -0.141. The fraction of sp³-hybridized carbons (Fsp3) is 0.158. The SMILES string of the molecule is O=C(Cc1cc(F)cc(F)c1)N[C@H](Cc1c[nH]c2ccccc12)C(=O)O. The molecule has 3 N–H and O–H groups in total. The van der Waals surface area contributed by atoms with Gasteiger partial charge in [-0.15, -0.1) is 0 Å². The van der Waals surface area contributed by atoms with Crippen LogP contribution in [-0.2, 0) is 22.4 Å². The van der Waals surface area contributed by atoms with Gasteiger partial charge in [-0.2, -0.15) is 0 Å². The molecule has 0 bridgehead atoms. The van der Waals surface area contributed by atoms with E-state index in [1.165, 1.54) is 0 Å². The Labute approximate surface area is 147 Å². The van der Waals surface area contributed by atoms with E-state index in [2.05, 4.69) is 10.3 Å². The van der Waals surface area contributed by atoms with Crippen molar-refractivity contribution in [2.45, 2.75) is 18.9 Å². The van der Waals surface area contributed by atoms with Crippen LogP contribution in [0.25, 0.3) is 10.9 Å². The number of carboxylic acid groups (broad SMARTS) is 1. The van der Waals surface area contributed by atoms with E-state index >= 15 is 0 Å². The van der Waals surface area contributed by atoms with Gasteiger partial charge < -0.3 is 15.4 Å². The van der Waals surface area contributed by atoms with Crippen LogP contribution < -0.4 is 5.32 Å². The van der Waals surface area contributed by atoms with E-state index in [9.17, 15) is 23.5 Å². The molecule has 134 valence electrons. The van der Waals surface area contributed by atoms with E-state index in [1.807, 2.05) is 24.3 Å². The van der Waals surface area contributed by atoms with Crippen molar-refractivity contribution in [3.05, 3.63) is 71.4 Å². The molecule has 0 radical (unpaired) electrons. The Morgan fingerprint density at radius 1 is 1.12 bits per heavy atom. The lowest BCUT2D eigenvalue weighted by atomic mass is 10.0. The summed E-state index contributed by atoms with van der Waals surface area (Å²) in [5, 5.41) is 12.7. The van der Waals surface area contributed by atoms with Crippen molar-refractivity contribution in [2.75, 3.05) is 0 Å². The highest BCUT2D eigenvalue weighted by Crippen LogP contribution is 2.19. The molecule has 0 fully saturated rings. The number of aromatic nitrogens is 1. The fourth-order valence-corrected chi connectivity index (χ4v) is 2.86. The molecule has 1 aromatic heterocycles. The first-order valence-corrected chi connectivity index (χ1v) is 7.94. The molecule has 3 aromatic rings. The predicted octanol–water partition coefficient (Wildman–Crippen LogP) is 2.80. The third-order valence-electron chi connectivity index (χ3n) is 4.02. The number of aliphatic carboxylic acids is 1. The maximum Gasteiger partial charge on any atom is 0.326 e. The van der Waals surface area contributed by atoms with E-state index in [0.717, 1.165) is 28.6 Å². The van der Waals surface area contributed by atoms with Crippen LogP contribution in [0.1, 0.15) is 11.1 Å². The molecule has 0 unspecified atom stereocenters. The molecule has 26 heavy (non-hydrogen) atoms. The van der Waals surface area contributed by atoms with Crippen molar-refractivity contribution >= 4 is 22.8 Å². The second-order valence-corrected chi connectivity index (χ2v) is 5.98. The van der Waals surface area contributed by atoms with Crippen molar-refractivity contribution in [3.63, 3.8) is 0 Å².